The molecule has 0 aliphatic heterocycles. The third-order valence-electron chi connectivity index (χ3n) is 2.98. The Labute approximate surface area is 92.4 Å². The highest BCUT2D eigenvalue weighted by atomic mass is 32.1. The number of hydrogen-bond acceptors (Lipinski definition) is 2. The van der Waals surface area contributed by atoms with Gasteiger partial charge in [-0.1, -0.05) is 19.3 Å². The van der Waals surface area contributed by atoms with Crippen LogP contribution in [0, 0.1) is 5.92 Å². The van der Waals surface area contributed by atoms with E-state index in [9.17, 15) is 0 Å². The molecule has 1 saturated carbocycles. The van der Waals surface area contributed by atoms with Crippen molar-refractivity contribution in [3.63, 3.8) is 0 Å². The molecule has 1 fully saturated rings. The molecule has 82 valence electrons. The topological polar surface area (TPSA) is 21.3 Å². The Morgan fingerprint density at radius 3 is 2.64 bits per heavy atom. The van der Waals surface area contributed by atoms with Crippen molar-refractivity contribution in [1.29, 1.82) is 0 Å². The molecule has 0 radical (unpaired) electrons. The lowest BCUT2D eigenvalue weighted by Gasteiger charge is -2.28. The van der Waals surface area contributed by atoms with Crippen molar-refractivity contribution in [2.24, 2.45) is 5.92 Å². The second-order valence-corrected chi connectivity index (χ2v) is 4.42. The highest BCUT2D eigenvalue weighted by molar-refractivity contribution is 7.80. The maximum atomic E-state index is 5.22. The van der Waals surface area contributed by atoms with Crippen LogP contribution in [0.25, 0.3) is 0 Å². The normalized spacial score (nSPS) is 20.1. The Hall–Kier alpha value is -0.310. The van der Waals surface area contributed by atoms with Gasteiger partial charge in [0.05, 0.1) is 6.61 Å². The lowest BCUT2D eigenvalue weighted by atomic mass is 9.85. The van der Waals surface area contributed by atoms with Gasteiger partial charge in [-0.15, -0.1) is 0 Å². The molecule has 2 nitrogen and oxygen atoms in total. The maximum Gasteiger partial charge on any atom is 0.256 e. The quantitative estimate of drug-likeness (QED) is 0.731. The summed E-state index contributed by atoms with van der Waals surface area (Å²) in [5.74, 6) is 0.780. The van der Waals surface area contributed by atoms with E-state index in [4.69, 9.17) is 17.0 Å². The Kier molecular flexibility index (Phi) is 5.23. The molecule has 1 aliphatic rings. The Morgan fingerprint density at radius 2 is 2.07 bits per heavy atom. The summed E-state index contributed by atoms with van der Waals surface area (Å²) in [6.07, 6.45) is 6.82. The van der Waals surface area contributed by atoms with E-state index >= 15 is 0 Å². The standard InChI is InChI=1S/C11H21NOS/c1-3-13-11(14)12-9(2)10-7-5-4-6-8-10/h9-10H,3-8H2,1-2H3,(H,12,14). The summed E-state index contributed by atoms with van der Waals surface area (Å²) in [6.45, 7) is 4.82. The minimum absolute atomic E-state index is 0.467. The van der Waals surface area contributed by atoms with Gasteiger partial charge in [0.25, 0.3) is 5.17 Å². The molecule has 1 unspecified atom stereocenters. The van der Waals surface area contributed by atoms with E-state index in [0.29, 0.717) is 17.8 Å². The van der Waals surface area contributed by atoms with Gasteiger partial charge in [0.15, 0.2) is 0 Å². The number of nitrogens with one attached hydrogen (secondary N) is 1. The number of ether oxygens (including phenoxy) is 1. The number of rotatable bonds is 3. The van der Waals surface area contributed by atoms with Crippen LogP contribution in [0.1, 0.15) is 46.0 Å². The lowest BCUT2D eigenvalue weighted by molar-refractivity contribution is 0.271. The Bertz CT molecular complexity index is 178. The summed E-state index contributed by atoms with van der Waals surface area (Å²) in [7, 11) is 0. The van der Waals surface area contributed by atoms with E-state index < -0.39 is 0 Å². The van der Waals surface area contributed by atoms with Crippen molar-refractivity contribution in [3.05, 3.63) is 0 Å². The van der Waals surface area contributed by atoms with Gasteiger partial charge in [-0.3, -0.25) is 0 Å². The van der Waals surface area contributed by atoms with Crippen molar-refractivity contribution >= 4 is 17.4 Å². The zero-order valence-electron chi connectivity index (χ0n) is 9.21. The van der Waals surface area contributed by atoms with E-state index in [1.54, 1.807) is 0 Å². The SMILES string of the molecule is CCOC(=S)NC(C)C1CCCCC1. The van der Waals surface area contributed by atoms with Gasteiger partial charge in [0, 0.05) is 6.04 Å². The van der Waals surface area contributed by atoms with Crippen LogP contribution in [0.5, 0.6) is 0 Å². The molecular weight excluding hydrogens is 194 g/mol. The maximum absolute atomic E-state index is 5.22. The fourth-order valence-corrected chi connectivity index (χ4v) is 2.41. The Morgan fingerprint density at radius 1 is 1.43 bits per heavy atom. The zero-order valence-corrected chi connectivity index (χ0v) is 10.0. The van der Waals surface area contributed by atoms with E-state index in [-0.39, 0.29) is 0 Å². The van der Waals surface area contributed by atoms with E-state index in [1.165, 1.54) is 32.1 Å². The van der Waals surface area contributed by atoms with Crippen LogP contribution in [0.15, 0.2) is 0 Å². The number of hydrogen-bond donors (Lipinski definition) is 1. The van der Waals surface area contributed by atoms with Crippen LogP contribution in [0.4, 0.5) is 0 Å². The van der Waals surface area contributed by atoms with E-state index in [2.05, 4.69) is 12.2 Å². The van der Waals surface area contributed by atoms with E-state index in [0.717, 1.165) is 5.92 Å². The third kappa shape index (κ3) is 3.82. The van der Waals surface area contributed by atoms with Gasteiger partial charge < -0.3 is 10.1 Å². The largest absolute Gasteiger partial charge is 0.471 e. The van der Waals surface area contributed by atoms with Crippen molar-refractivity contribution in [2.45, 2.75) is 52.0 Å². The average molecular weight is 215 g/mol. The highest BCUT2D eigenvalue weighted by Gasteiger charge is 2.20. The van der Waals surface area contributed by atoms with Crippen molar-refractivity contribution < 1.29 is 4.74 Å². The van der Waals surface area contributed by atoms with Crippen LogP contribution in [-0.4, -0.2) is 17.8 Å². The zero-order chi connectivity index (χ0) is 10.4. The van der Waals surface area contributed by atoms with Crippen LogP contribution in [0.3, 0.4) is 0 Å². The van der Waals surface area contributed by atoms with Gasteiger partial charge >= 0.3 is 0 Å². The monoisotopic (exact) mass is 215 g/mol. The summed E-state index contributed by atoms with van der Waals surface area (Å²) in [5, 5.41) is 3.82. The van der Waals surface area contributed by atoms with Gasteiger partial charge in [-0.05, 0) is 44.8 Å². The van der Waals surface area contributed by atoms with Gasteiger partial charge in [-0.25, -0.2) is 0 Å². The molecular formula is C11H21NOS. The van der Waals surface area contributed by atoms with Crippen LogP contribution >= 0.6 is 12.2 Å². The first-order chi connectivity index (χ1) is 6.74. The predicted molar refractivity (Wildman–Crippen MR) is 63.4 cm³/mol. The van der Waals surface area contributed by atoms with Crippen molar-refractivity contribution in [3.8, 4) is 0 Å². The molecule has 0 bridgehead atoms. The smallest absolute Gasteiger partial charge is 0.256 e. The second kappa shape index (κ2) is 6.23. The van der Waals surface area contributed by atoms with Gasteiger partial charge in [-0.2, -0.15) is 0 Å². The molecule has 14 heavy (non-hydrogen) atoms. The molecule has 0 aromatic carbocycles. The lowest BCUT2D eigenvalue weighted by Crippen LogP contribution is -2.39. The summed E-state index contributed by atoms with van der Waals surface area (Å²) in [5.41, 5.74) is 0. The molecule has 3 heteroatoms. The molecule has 0 spiro atoms. The predicted octanol–water partition coefficient (Wildman–Crippen LogP) is 2.87. The highest BCUT2D eigenvalue weighted by Crippen LogP contribution is 2.26. The Balaban J connectivity index is 2.25. The van der Waals surface area contributed by atoms with Crippen LogP contribution < -0.4 is 5.32 Å². The first-order valence-electron chi connectivity index (χ1n) is 5.67. The van der Waals surface area contributed by atoms with Crippen LogP contribution in [0.2, 0.25) is 0 Å². The molecule has 0 aromatic heterocycles. The molecule has 1 atom stereocenters. The first kappa shape index (κ1) is 11.8. The number of thiocarbonyl (C=S) groups is 1. The summed E-state index contributed by atoms with van der Waals surface area (Å²) in [4.78, 5) is 0. The summed E-state index contributed by atoms with van der Waals surface area (Å²) >= 11 is 5.07. The third-order valence-corrected chi connectivity index (χ3v) is 3.21. The summed E-state index contributed by atoms with van der Waals surface area (Å²) < 4.78 is 5.22. The molecule has 1 rings (SSSR count). The van der Waals surface area contributed by atoms with Gasteiger partial charge in [0.1, 0.15) is 0 Å². The minimum Gasteiger partial charge on any atom is -0.471 e. The van der Waals surface area contributed by atoms with E-state index in [1.807, 2.05) is 6.92 Å². The minimum atomic E-state index is 0.467. The fourth-order valence-electron chi connectivity index (χ4n) is 2.11. The average Bonchev–Trinajstić information content (AvgIpc) is 2.19. The molecule has 0 heterocycles. The molecule has 0 amide bonds. The fraction of sp³-hybridized carbons (Fsp3) is 0.909. The van der Waals surface area contributed by atoms with Crippen LogP contribution in [-0.2, 0) is 4.74 Å². The van der Waals surface area contributed by atoms with Crippen molar-refractivity contribution in [2.75, 3.05) is 6.61 Å². The molecule has 1 aliphatic carbocycles. The molecule has 1 N–H and O–H groups in total. The molecule has 0 saturated heterocycles. The van der Waals surface area contributed by atoms with Gasteiger partial charge in [0.2, 0.25) is 0 Å². The summed E-state index contributed by atoms with van der Waals surface area (Å²) in [6, 6.07) is 0.467. The first-order valence-corrected chi connectivity index (χ1v) is 6.08. The molecule has 0 aromatic rings. The van der Waals surface area contributed by atoms with Crippen molar-refractivity contribution in [1.82, 2.24) is 5.32 Å². The second-order valence-electron chi connectivity index (χ2n) is 4.05.